The van der Waals surface area contributed by atoms with Crippen molar-refractivity contribution in [1.29, 1.82) is 0 Å². The predicted molar refractivity (Wildman–Crippen MR) is 120 cm³/mol. The summed E-state index contributed by atoms with van der Waals surface area (Å²) in [5.41, 5.74) is 4.86. The number of hydrogen-bond donors (Lipinski definition) is 1. The highest BCUT2D eigenvalue weighted by atomic mass is 16.5. The summed E-state index contributed by atoms with van der Waals surface area (Å²) in [6, 6.07) is 14.6. The fraction of sp³-hybridized carbons (Fsp3) is 0.320. The standard InChI is InChI=1S/C25H27N3O4/c1-16-21(24(29)26-14-20-13-22(18-11-12-18)27-28(20)2)5-4-6-23(16)32-15-17-7-9-19(10-8-17)25(30)31-3/h4-10,13,18H,11-12,14-15H2,1-3H3,(H,26,29). The highest BCUT2D eigenvalue weighted by Gasteiger charge is 2.26. The van der Waals surface area contributed by atoms with E-state index < -0.39 is 0 Å². The first kappa shape index (κ1) is 21.6. The summed E-state index contributed by atoms with van der Waals surface area (Å²) in [4.78, 5) is 24.4. The molecule has 1 amide bonds. The van der Waals surface area contributed by atoms with E-state index in [1.165, 1.54) is 20.0 Å². The van der Waals surface area contributed by atoms with E-state index in [1.807, 2.05) is 42.9 Å². The quantitative estimate of drug-likeness (QED) is 0.545. The van der Waals surface area contributed by atoms with Crippen LogP contribution in [0.15, 0.2) is 48.5 Å². The van der Waals surface area contributed by atoms with Crippen LogP contribution in [0.25, 0.3) is 0 Å². The molecule has 1 aliphatic carbocycles. The van der Waals surface area contributed by atoms with Crippen molar-refractivity contribution >= 4 is 11.9 Å². The second-order valence-corrected chi connectivity index (χ2v) is 8.05. The number of amides is 1. The first-order valence-electron chi connectivity index (χ1n) is 10.7. The van der Waals surface area contributed by atoms with E-state index in [-0.39, 0.29) is 11.9 Å². The molecule has 32 heavy (non-hydrogen) atoms. The molecule has 1 heterocycles. The number of aromatic nitrogens is 2. The average Bonchev–Trinajstić information content (AvgIpc) is 3.59. The Labute approximate surface area is 187 Å². The van der Waals surface area contributed by atoms with Crippen LogP contribution in [-0.2, 0) is 24.9 Å². The zero-order chi connectivity index (χ0) is 22.7. The number of rotatable bonds is 8. The van der Waals surface area contributed by atoms with Crippen molar-refractivity contribution in [3.8, 4) is 5.75 Å². The number of carbonyl (C=O) groups is 2. The van der Waals surface area contributed by atoms with Gasteiger partial charge in [-0.1, -0.05) is 18.2 Å². The van der Waals surface area contributed by atoms with E-state index in [0.29, 0.717) is 35.9 Å². The van der Waals surface area contributed by atoms with E-state index >= 15 is 0 Å². The van der Waals surface area contributed by atoms with Crippen molar-refractivity contribution in [2.75, 3.05) is 7.11 Å². The van der Waals surface area contributed by atoms with Gasteiger partial charge in [-0.05, 0) is 55.7 Å². The maximum absolute atomic E-state index is 12.8. The van der Waals surface area contributed by atoms with Crippen molar-refractivity contribution in [1.82, 2.24) is 15.1 Å². The molecule has 1 N–H and O–H groups in total. The van der Waals surface area contributed by atoms with Crippen LogP contribution >= 0.6 is 0 Å². The van der Waals surface area contributed by atoms with Gasteiger partial charge in [-0.3, -0.25) is 9.48 Å². The summed E-state index contributed by atoms with van der Waals surface area (Å²) in [6.45, 7) is 2.62. The number of hydrogen-bond acceptors (Lipinski definition) is 5. The minimum Gasteiger partial charge on any atom is -0.489 e. The highest BCUT2D eigenvalue weighted by molar-refractivity contribution is 5.96. The van der Waals surface area contributed by atoms with Gasteiger partial charge in [0.15, 0.2) is 0 Å². The lowest BCUT2D eigenvalue weighted by molar-refractivity contribution is 0.0600. The van der Waals surface area contributed by atoms with Gasteiger partial charge in [-0.25, -0.2) is 4.79 Å². The first-order chi connectivity index (χ1) is 15.5. The number of carbonyl (C=O) groups excluding carboxylic acids is 2. The molecule has 0 bridgehead atoms. The molecule has 4 rings (SSSR count). The molecule has 1 fully saturated rings. The minimum atomic E-state index is -0.373. The zero-order valence-electron chi connectivity index (χ0n) is 18.6. The SMILES string of the molecule is COC(=O)c1ccc(COc2cccc(C(=O)NCc3cc(C4CC4)nn3C)c2C)cc1. The van der Waals surface area contributed by atoms with E-state index in [9.17, 15) is 9.59 Å². The van der Waals surface area contributed by atoms with Gasteiger partial charge in [-0.15, -0.1) is 0 Å². The Morgan fingerprint density at radius 2 is 1.91 bits per heavy atom. The number of benzene rings is 2. The Bertz CT molecular complexity index is 1130. The van der Waals surface area contributed by atoms with Crippen LogP contribution < -0.4 is 10.1 Å². The molecule has 0 saturated heterocycles. The largest absolute Gasteiger partial charge is 0.489 e. The molecule has 166 valence electrons. The normalized spacial score (nSPS) is 13.0. The average molecular weight is 434 g/mol. The molecule has 7 nitrogen and oxygen atoms in total. The third kappa shape index (κ3) is 4.82. The van der Waals surface area contributed by atoms with Crippen molar-refractivity contribution < 1.29 is 19.1 Å². The molecule has 7 heteroatoms. The maximum atomic E-state index is 12.8. The topological polar surface area (TPSA) is 82.4 Å². The summed E-state index contributed by atoms with van der Waals surface area (Å²) in [5, 5.41) is 7.54. The van der Waals surface area contributed by atoms with Gasteiger partial charge < -0.3 is 14.8 Å². The van der Waals surface area contributed by atoms with Crippen molar-refractivity contribution in [3.05, 3.63) is 82.2 Å². The number of methoxy groups -OCH3 is 1. The van der Waals surface area contributed by atoms with Gasteiger partial charge in [-0.2, -0.15) is 5.10 Å². The Kier molecular flexibility index (Phi) is 6.25. The Morgan fingerprint density at radius 3 is 2.59 bits per heavy atom. The van der Waals surface area contributed by atoms with Gasteiger partial charge in [0.05, 0.1) is 30.6 Å². The van der Waals surface area contributed by atoms with Crippen LogP contribution in [0.1, 0.15) is 62.0 Å². The summed E-state index contributed by atoms with van der Waals surface area (Å²) >= 11 is 0. The monoisotopic (exact) mass is 433 g/mol. The van der Waals surface area contributed by atoms with Crippen LogP contribution in [0.2, 0.25) is 0 Å². The molecule has 1 aromatic heterocycles. The lowest BCUT2D eigenvalue weighted by Crippen LogP contribution is -2.24. The van der Waals surface area contributed by atoms with E-state index in [1.54, 1.807) is 18.2 Å². The molecular formula is C25H27N3O4. The van der Waals surface area contributed by atoms with E-state index in [4.69, 9.17) is 9.47 Å². The third-order valence-electron chi connectivity index (χ3n) is 5.72. The van der Waals surface area contributed by atoms with Gasteiger partial charge >= 0.3 is 5.97 Å². The maximum Gasteiger partial charge on any atom is 0.337 e. The fourth-order valence-electron chi connectivity index (χ4n) is 3.57. The first-order valence-corrected chi connectivity index (χ1v) is 10.7. The lowest BCUT2D eigenvalue weighted by atomic mass is 10.1. The number of nitrogens with zero attached hydrogens (tertiary/aromatic N) is 2. The lowest BCUT2D eigenvalue weighted by Gasteiger charge is -2.13. The number of ether oxygens (including phenoxy) is 2. The summed E-state index contributed by atoms with van der Waals surface area (Å²) in [7, 11) is 3.26. The number of esters is 1. The third-order valence-corrected chi connectivity index (χ3v) is 5.72. The predicted octanol–water partition coefficient (Wildman–Crippen LogP) is 3.90. The molecule has 0 spiro atoms. The Morgan fingerprint density at radius 1 is 1.16 bits per heavy atom. The Balaban J connectivity index is 1.38. The van der Waals surface area contributed by atoms with E-state index in [2.05, 4.69) is 16.5 Å². The van der Waals surface area contributed by atoms with Crippen LogP contribution in [-0.4, -0.2) is 28.8 Å². The van der Waals surface area contributed by atoms with Gasteiger partial charge in [0.2, 0.25) is 0 Å². The molecule has 0 atom stereocenters. The molecule has 1 saturated carbocycles. The van der Waals surface area contributed by atoms with Gasteiger partial charge in [0.1, 0.15) is 12.4 Å². The number of aryl methyl sites for hydroxylation is 1. The molecule has 3 aromatic rings. The van der Waals surface area contributed by atoms with E-state index in [0.717, 1.165) is 22.5 Å². The highest BCUT2D eigenvalue weighted by Crippen LogP contribution is 2.39. The summed E-state index contributed by atoms with van der Waals surface area (Å²) in [6.07, 6.45) is 2.40. The van der Waals surface area contributed by atoms with Crippen LogP contribution in [0.4, 0.5) is 0 Å². The second-order valence-electron chi connectivity index (χ2n) is 8.05. The van der Waals surface area contributed by atoms with Gasteiger partial charge in [0, 0.05) is 24.1 Å². The van der Waals surface area contributed by atoms with Crippen molar-refractivity contribution in [2.24, 2.45) is 7.05 Å². The minimum absolute atomic E-state index is 0.149. The zero-order valence-corrected chi connectivity index (χ0v) is 18.6. The van der Waals surface area contributed by atoms with Crippen LogP contribution in [0.5, 0.6) is 5.75 Å². The number of nitrogens with one attached hydrogen (secondary N) is 1. The Hall–Kier alpha value is -3.61. The molecular weight excluding hydrogens is 406 g/mol. The summed E-state index contributed by atoms with van der Waals surface area (Å²) in [5.74, 6) is 0.705. The van der Waals surface area contributed by atoms with Crippen LogP contribution in [0.3, 0.4) is 0 Å². The smallest absolute Gasteiger partial charge is 0.337 e. The van der Waals surface area contributed by atoms with Crippen molar-refractivity contribution in [3.63, 3.8) is 0 Å². The molecule has 0 unspecified atom stereocenters. The molecule has 1 aliphatic rings. The van der Waals surface area contributed by atoms with Gasteiger partial charge in [0.25, 0.3) is 5.91 Å². The second kappa shape index (κ2) is 9.26. The molecule has 0 radical (unpaired) electrons. The summed E-state index contributed by atoms with van der Waals surface area (Å²) < 4.78 is 12.5. The molecule has 2 aromatic carbocycles. The van der Waals surface area contributed by atoms with Crippen molar-refractivity contribution in [2.45, 2.75) is 38.8 Å². The van der Waals surface area contributed by atoms with Crippen LogP contribution in [0, 0.1) is 6.92 Å². The fourth-order valence-corrected chi connectivity index (χ4v) is 3.57. The molecule has 0 aliphatic heterocycles.